The van der Waals surface area contributed by atoms with Crippen molar-refractivity contribution in [3.05, 3.63) is 0 Å². The maximum atomic E-state index is 11.3. The van der Waals surface area contributed by atoms with Gasteiger partial charge in [0.25, 0.3) is 0 Å². The van der Waals surface area contributed by atoms with E-state index in [9.17, 15) is 14.4 Å². The van der Waals surface area contributed by atoms with Crippen LogP contribution in [-0.4, -0.2) is 59.3 Å². The maximum absolute atomic E-state index is 11.3. The van der Waals surface area contributed by atoms with Crippen LogP contribution in [0, 0.1) is 0 Å². The normalized spacial score (nSPS) is 11.6. The molecule has 0 aromatic heterocycles. The molecule has 0 aromatic carbocycles. The fourth-order valence-corrected chi connectivity index (χ4v) is 0.912. The van der Waals surface area contributed by atoms with E-state index in [2.05, 4.69) is 5.32 Å². The molecule has 3 amide bonds. The first-order chi connectivity index (χ1) is 7.38. The zero-order chi connectivity index (χ0) is 12.7. The molecular weight excluding hydrogens is 218 g/mol. The molecule has 5 N–H and O–H groups in total. The van der Waals surface area contributed by atoms with E-state index in [4.69, 9.17) is 15.9 Å². The third-order valence-electron chi connectivity index (χ3n) is 1.78. The summed E-state index contributed by atoms with van der Waals surface area (Å²) >= 11 is 0. The minimum Gasteiger partial charge on any atom is -0.480 e. The number of nitrogens with two attached hydrogens (primary N) is 1. The van der Waals surface area contributed by atoms with E-state index in [1.165, 1.54) is 7.05 Å². The second kappa shape index (κ2) is 6.62. The highest BCUT2D eigenvalue weighted by Gasteiger charge is 2.23. The predicted octanol–water partition coefficient (Wildman–Crippen LogP) is -2.05. The molecule has 1 atom stereocenters. The van der Waals surface area contributed by atoms with Gasteiger partial charge in [-0.05, 0) is 0 Å². The van der Waals surface area contributed by atoms with E-state index in [1.54, 1.807) is 0 Å². The smallest absolute Gasteiger partial charge is 0.326 e. The van der Waals surface area contributed by atoms with Crippen LogP contribution in [-0.2, 0) is 9.59 Å². The van der Waals surface area contributed by atoms with Gasteiger partial charge in [0.15, 0.2) is 0 Å². The Morgan fingerprint density at radius 1 is 1.44 bits per heavy atom. The fraction of sp³-hybridized carbons (Fsp3) is 0.625. The molecule has 0 heterocycles. The van der Waals surface area contributed by atoms with Gasteiger partial charge in [-0.15, -0.1) is 0 Å². The lowest BCUT2D eigenvalue weighted by molar-refractivity contribution is -0.140. The van der Waals surface area contributed by atoms with Crippen LogP contribution in [0.4, 0.5) is 4.79 Å². The summed E-state index contributed by atoms with van der Waals surface area (Å²) in [4.78, 5) is 33.6. The van der Waals surface area contributed by atoms with Crippen LogP contribution in [0.1, 0.15) is 6.42 Å². The molecule has 0 fully saturated rings. The van der Waals surface area contributed by atoms with Crippen molar-refractivity contribution in [1.82, 2.24) is 10.2 Å². The Kier molecular flexibility index (Phi) is 5.86. The molecule has 0 saturated heterocycles. The first-order valence-corrected chi connectivity index (χ1v) is 4.52. The second-order valence-corrected chi connectivity index (χ2v) is 3.16. The number of nitrogens with one attached hydrogen (secondary N) is 1. The molecule has 0 radical (unpaired) electrons. The largest absolute Gasteiger partial charge is 0.480 e. The third-order valence-corrected chi connectivity index (χ3v) is 1.78. The minimum absolute atomic E-state index is 0.0642. The van der Waals surface area contributed by atoms with E-state index < -0.39 is 30.4 Å². The standard InChI is InChI=1S/C8H15N3O5/c1-11(2-3-12)8(16)10-5(7(14)15)4-6(9)13/h5,12H,2-4H2,1H3,(H2,9,13)(H,10,16)(H,14,15)/t5-/m1/s1. The van der Waals surface area contributed by atoms with Gasteiger partial charge in [0.2, 0.25) is 5.91 Å². The summed E-state index contributed by atoms with van der Waals surface area (Å²) < 4.78 is 0. The molecule has 0 aliphatic carbocycles. The molecule has 0 aliphatic heterocycles. The number of amides is 3. The van der Waals surface area contributed by atoms with Crippen LogP contribution < -0.4 is 11.1 Å². The van der Waals surface area contributed by atoms with E-state index in [0.29, 0.717) is 0 Å². The van der Waals surface area contributed by atoms with Crippen LogP contribution in [0.5, 0.6) is 0 Å². The maximum Gasteiger partial charge on any atom is 0.326 e. The molecule has 16 heavy (non-hydrogen) atoms. The summed E-state index contributed by atoms with van der Waals surface area (Å²) in [5.41, 5.74) is 4.83. The molecule has 0 aromatic rings. The van der Waals surface area contributed by atoms with E-state index in [1.807, 2.05) is 0 Å². The molecule has 0 aliphatic rings. The zero-order valence-corrected chi connectivity index (χ0v) is 8.84. The number of carboxylic acid groups (broad SMARTS) is 1. The average Bonchev–Trinajstić information content (AvgIpc) is 2.16. The summed E-state index contributed by atoms with van der Waals surface area (Å²) in [6, 6.07) is -2.05. The van der Waals surface area contributed by atoms with Crippen molar-refractivity contribution < 1.29 is 24.6 Å². The molecule has 0 bridgehead atoms. The number of hydrogen-bond acceptors (Lipinski definition) is 4. The summed E-state index contributed by atoms with van der Waals surface area (Å²) in [6.45, 7) is -0.174. The SMILES string of the molecule is CN(CCO)C(=O)N[C@H](CC(N)=O)C(=O)O. The van der Waals surface area contributed by atoms with E-state index >= 15 is 0 Å². The number of hydrogen-bond donors (Lipinski definition) is 4. The van der Waals surface area contributed by atoms with Gasteiger partial charge < -0.3 is 26.2 Å². The van der Waals surface area contributed by atoms with Crippen molar-refractivity contribution in [3.63, 3.8) is 0 Å². The molecule has 0 saturated carbocycles. The number of carbonyl (C=O) groups excluding carboxylic acids is 2. The number of carboxylic acids is 1. The molecular formula is C8H15N3O5. The number of aliphatic carboxylic acids is 1. The second-order valence-electron chi connectivity index (χ2n) is 3.16. The number of carbonyl (C=O) groups is 3. The molecule has 0 spiro atoms. The average molecular weight is 233 g/mol. The number of likely N-dealkylation sites (N-methyl/N-ethyl adjacent to an activating group) is 1. The fourth-order valence-electron chi connectivity index (χ4n) is 0.912. The van der Waals surface area contributed by atoms with E-state index in [-0.39, 0.29) is 13.2 Å². The van der Waals surface area contributed by atoms with Gasteiger partial charge in [-0.1, -0.05) is 0 Å². The van der Waals surface area contributed by atoms with Crippen LogP contribution >= 0.6 is 0 Å². The van der Waals surface area contributed by atoms with Gasteiger partial charge in [0.05, 0.1) is 13.0 Å². The Hall–Kier alpha value is -1.83. The highest BCUT2D eigenvalue weighted by Crippen LogP contribution is 1.94. The van der Waals surface area contributed by atoms with Gasteiger partial charge in [-0.2, -0.15) is 0 Å². The number of aliphatic hydroxyl groups excluding tert-OH is 1. The topological polar surface area (TPSA) is 133 Å². The number of nitrogens with zero attached hydrogens (tertiary/aromatic N) is 1. The van der Waals surface area contributed by atoms with Gasteiger partial charge in [0.1, 0.15) is 6.04 Å². The summed E-state index contributed by atoms with van der Waals surface area (Å²) in [6.07, 6.45) is -0.478. The van der Waals surface area contributed by atoms with Crippen molar-refractivity contribution in [3.8, 4) is 0 Å². The monoisotopic (exact) mass is 233 g/mol. The zero-order valence-electron chi connectivity index (χ0n) is 8.84. The Balaban J connectivity index is 4.34. The Morgan fingerprint density at radius 3 is 2.38 bits per heavy atom. The molecule has 8 heteroatoms. The van der Waals surface area contributed by atoms with Crippen molar-refractivity contribution in [2.75, 3.05) is 20.2 Å². The lowest BCUT2D eigenvalue weighted by Gasteiger charge is -2.19. The van der Waals surface area contributed by atoms with Crippen LogP contribution in [0.25, 0.3) is 0 Å². The molecule has 0 unspecified atom stereocenters. The molecule has 92 valence electrons. The highest BCUT2D eigenvalue weighted by molar-refractivity contribution is 5.87. The van der Waals surface area contributed by atoms with Gasteiger partial charge in [-0.25, -0.2) is 9.59 Å². The quantitative estimate of drug-likeness (QED) is 0.419. The van der Waals surface area contributed by atoms with Crippen LogP contribution in [0.15, 0.2) is 0 Å². The summed E-state index contributed by atoms with van der Waals surface area (Å²) in [7, 11) is 1.38. The third kappa shape index (κ3) is 5.15. The lowest BCUT2D eigenvalue weighted by atomic mass is 10.2. The van der Waals surface area contributed by atoms with Crippen LogP contribution in [0.2, 0.25) is 0 Å². The number of urea groups is 1. The number of aliphatic hydroxyl groups is 1. The molecule has 8 nitrogen and oxygen atoms in total. The van der Waals surface area contributed by atoms with Gasteiger partial charge in [-0.3, -0.25) is 4.79 Å². The first-order valence-electron chi connectivity index (χ1n) is 4.52. The summed E-state index contributed by atoms with van der Waals surface area (Å²) in [5, 5.41) is 19.4. The van der Waals surface area contributed by atoms with Crippen LogP contribution in [0.3, 0.4) is 0 Å². The first kappa shape index (κ1) is 14.2. The Bertz CT molecular complexity index is 281. The van der Waals surface area contributed by atoms with Gasteiger partial charge >= 0.3 is 12.0 Å². The summed E-state index contributed by atoms with van der Waals surface area (Å²) in [5.74, 6) is -2.16. The van der Waals surface area contributed by atoms with Crippen molar-refractivity contribution in [1.29, 1.82) is 0 Å². The predicted molar refractivity (Wildman–Crippen MR) is 53.5 cm³/mol. The van der Waals surface area contributed by atoms with Crippen molar-refractivity contribution in [2.24, 2.45) is 5.73 Å². The Morgan fingerprint density at radius 2 is 2.00 bits per heavy atom. The van der Waals surface area contributed by atoms with E-state index in [0.717, 1.165) is 4.90 Å². The van der Waals surface area contributed by atoms with Crippen molar-refractivity contribution >= 4 is 17.9 Å². The number of rotatable bonds is 6. The highest BCUT2D eigenvalue weighted by atomic mass is 16.4. The minimum atomic E-state index is -1.36. The van der Waals surface area contributed by atoms with Gasteiger partial charge in [0, 0.05) is 13.6 Å². The Labute approximate surface area is 92.0 Å². The number of primary amides is 1. The molecule has 0 rings (SSSR count). The lowest BCUT2D eigenvalue weighted by Crippen LogP contribution is -2.48. The van der Waals surface area contributed by atoms with Crippen molar-refractivity contribution in [2.45, 2.75) is 12.5 Å².